The van der Waals surface area contributed by atoms with Crippen molar-refractivity contribution < 1.29 is 9.59 Å². The number of carbonyl (C=O) groups is 2. The summed E-state index contributed by atoms with van der Waals surface area (Å²) in [5.74, 6) is 0.663. The first kappa shape index (κ1) is 20.8. The van der Waals surface area contributed by atoms with Gasteiger partial charge in [0.1, 0.15) is 6.04 Å². The summed E-state index contributed by atoms with van der Waals surface area (Å²) in [7, 11) is 0. The van der Waals surface area contributed by atoms with Gasteiger partial charge in [-0.05, 0) is 75.0 Å². The molecule has 1 atom stereocenters. The molecule has 2 aromatic heterocycles. The summed E-state index contributed by atoms with van der Waals surface area (Å²) in [6.45, 7) is 2.50. The van der Waals surface area contributed by atoms with Crippen LogP contribution in [0.15, 0.2) is 24.4 Å². The van der Waals surface area contributed by atoms with Crippen LogP contribution in [0.5, 0.6) is 0 Å². The Balaban J connectivity index is 1.20. The molecule has 4 fully saturated rings. The number of anilines is 1. The maximum absolute atomic E-state index is 12.9. The molecule has 4 saturated carbocycles. The second-order valence-electron chi connectivity index (χ2n) is 9.40. The minimum Gasteiger partial charge on any atom is -0.379 e. The van der Waals surface area contributed by atoms with Crippen LogP contribution >= 0.6 is 22.9 Å². The molecule has 0 spiro atoms. The Labute approximate surface area is 191 Å². The number of hydrogen-bond acceptors (Lipinski definition) is 5. The smallest absolute Gasteiger partial charge is 0.262 e. The summed E-state index contributed by atoms with van der Waals surface area (Å²) in [6.07, 6.45) is 8.10. The fraction of sp³-hybridized carbons (Fsp3) is 0.522. The molecule has 0 saturated heterocycles. The highest BCUT2D eigenvalue weighted by Gasteiger charge is 2.57. The van der Waals surface area contributed by atoms with E-state index >= 15 is 0 Å². The quantitative estimate of drug-likeness (QED) is 0.523. The van der Waals surface area contributed by atoms with Crippen molar-refractivity contribution in [3.8, 4) is 0 Å². The van der Waals surface area contributed by atoms with Crippen molar-refractivity contribution >= 4 is 40.4 Å². The standard InChI is InChI=1S/C23H27ClN4O2S/c1-13-18(6-15(24)11-25-13)26-12-17-4-5-20(31-17)22(30)28-19(21(29)27-16-2-3-16)10-23-7-14(8-23)9-23/h4-6,11,14,16,19,26H,2-3,7-10,12H2,1H3,(H,27,29)(H,28,30)/t14?,19-,23?/m0/s1. The van der Waals surface area contributed by atoms with Crippen molar-refractivity contribution in [3.63, 3.8) is 0 Å². The first-order chi connectivity index (χ1) is 14.9. The van der Waals surface area contributed by atoms with E-state index < -0.39 is 6.04 Å². The lowest BCUT2D eigenvalue weighted by molar-refractivity contribution is -0.136. The van der Waals surface area contributed by atoms with Gasteiger partial charge in [0.2, 0.25) is 5.91 Å². The van der Waals surface area contributed by atoms with Crippen molar-refractivity contribution in [2.24, 2.45) is 11.3 Å². The molecule has 8 heteroatoms. The molecule has 6 rings (SSSR count). The highest BCUT2D eigenvalue weighted by molar-refractivity contribution is 7.14. The molecule has 0 aliphatic heterocycles. The van der Waals surface area contributed by atoms with Gasteiger partial charge >= 0.3 is 0 Å². The lowest BCUT2D eigenvalue weighted by Gasteiger charge is -2.63. The molecule has 2 aromatic rings. The molecule has 2 bridgehead atoms. The topological polar surface area (TPSA) is 83.1 Å². The SMILES string of the molecule is Cc1ncc(Cl)cc1NCc1ccc(C(=O)N[C@@H](CC23CC(C2)C3)C(=O)NC2CC2)s1. The highest BCUT2D eigenvalue weighted by Crippen LogP contribution is 2.66. The van der Waals surface area contributed by atoms with E-state index in [4.69, 9.17) is 11.6 Å². The lowest BCUT2D eigenvalue weighted by Crippen LogP contribution is -2.58. The van der Waals surface area contributed by atoms with Crippen LogP contribution in [0.2, 0.25) is 5.02 Å². The number of rotatable bonds is 9. The van der Waals surface area contributed by atoms with Gasteiger partial charge in [0.05, 0.1) is 21.3 Å². The van der Waals surface area contributed by atoms with Crippen LogP contribution in [0.3, 0.4) is 0 Å². The van der Waals surface area contributed by atoms with Crippen LogP contribution in [0.4, 0.5) is 5.69 Å². The third-order valence-corrected chi connectivity index (χ3v) is 8.03. The predicted molar refractivity (Wildman–Crippen MR) is 122 cm³/mol. The van der Waals surface area contributed by atoms with Gasteiger partial charge in [0.15, 0.2) is 0 Å². The zero-order valence-corrected chi connectivity index (χ0v) is 19.1. The number of aromatic nitrogens is 1. The largest absolute Gasteiger partial charge is 0.379 e. The number of pyridine rings is 1. The van der Waals surface area contributed by atoms with Gasteiger partial charge in [-0.2, -0.15) is 0 Å². The van der Waals surface area contributed by atoms with E-state index in [1.165, 1.54) is 30.6 Å². The van der Waals surface area contributed by atoms with E-state index in [0.29, 0.717) is 22.5 Å². The van der Waals surface area contributed by atoms with E-state index in [2.05, 4.69) is 20.9 Å². The van der Waals surface area contributed by atoms with Gasteiger partial charge in [0.25, 0.3) is 5.91 Å². The van der Waals surface area contributed by atoms with E-state index in [-0.39, 0.29) is 17.2 Å². The molecule has 4 aliphatic rings. The van der Waals surface area contributed by atoms with Crippen molar-refractivity contribution in [1.29, 1.82) is 0 Å². The summed E-state index contributed by atoms with van der Waals surface area (Å²) in [5, 5.41) is 10.0. The third-order valence-electron chi connectivity index (χ3n) is 6.74. The number of halogens is 1. The molecule has 2 heterocycles. The molecule has 4 aliphatic carbocycles. The van der Waals surface area contributed by atoms with Crippen molar-refractivity contribution in [2.75, 3.05) is 5.32 Å². The summed E-state index contributed by atoms with van der Waals surface area (Å²) in [6, 6.07) is 5.47. The summed E-state index contributed by atoms with van der Waals surface area (Å²) in [4.78, 5) is 31.6. The van der Waals surface area contributed by atoms with Crippen molar-refractivity contribution in [3.05, 3.63) is 44.9 Å². The summed E-state index contributed by atoms with van der Waals surface area (Å²) < 4.78 is 0. The molecule has 6 nitrogen and oxygen atoms in total. The molecular weight excluding hydrogens is 432 g/mol. The number of aryl methyl sites for hydroxylation is 1. The summed E-state index contributed by atoms with van der Waals surface area (Å²) in [5.41, 5.74) is 2.04. The summed E-state index contributed by atoms with van der Waals surface area (Å²) >= 11 is 7.47. The minimum atomic E-state index is -0.446. The molecule has 0 unspecified atom stereocenters. The molecule has 0 radical (unpaired) electrons. The van der Waals surface area contributed by atoms with E-state index in [0.717, 1.165) is 41.4 Å². The Morgan fingerprint density at radius 3 is 2.74 bits per heavy atom. The minimum absolute atomic E-state index is 0.0250. The van der Waals surface area contributed by atoms with Gasteiger partial charge in [-0.25, -0.2) is 0 Å². The van der Waals surface area contributed by atoms with E-state index in [9.17, 15) is 9.59 Å². The second-order valence-corrected chi connectivity index (χ2v) is 11.0. The zero-order chi connectivity index (χ0) is 21.6. The molecular formula is C23H27ClN4O2S. The van der Waals surface area contributed by atoms with Crippen molar-refractivity contribution in [1.82, 2.24) is 15.6 Å². The Bertz CT molecular complexity index is 1000. The van der Waals surface area contributed by atoms with Crippen LogP contribution in [0.1, 0.15) is 58.8 Å². The first-order valence-corrected chi connectivity index (χ1v) is 12.1. The molecule has 31 heavy (non-hydrogen) atoms. The fourth-order valence-corrected chi connectivity index (χ4v) is 5.78. The molecule has 2 amide bonds. The van der Waals surface area contributed by atoms with E-state index in [1.54, 1.807) is 6.20 Å². The monoisotopic (exact) mass is 458 g/mol. The molecule has 164 valence electrons. The van der Waals surface area contributed by atoms with Gasteiger partial charge in [-0.1, -0.05) is 11.6 Å². The predicted octanol–water partition coefficient (Wildman–Crippen LogP) is 4.28. The van der Waals surface area contributed by atoms with E-state index in [1.807, 2.05) is 25.1 Å². The Kier molecular flexibility index (Phi) is 5.42. The zero-order valence-electron chi connectivity index (χ0n) is 17.5. The Hall–Kier alpha value is -2.12. The maximum atomic E-state index is 12.9. The fourth-order valence-electron chi connectivity index (χ4n) is 4.77. The van der Waals surface area contributed by atoms with Crippen molar-refractivity contribution in [2.45, 2.75) is 64.1 Å². The maximum Gasteiger partial charge on any atom is 0.262 e. The highest BCUT2D eigenvalue weighted by atomic mass is 35.5. The lowest BCUT2D eigenvalue weighted by atomic mass is 9.43. The number of amides is 2. The number of hydrogen-bond donors (Lipinski definition) is 3. The third kappa shape index (κ3) is 4.58. The Morgan fingerprint density at radius 2 is 2.06 bits per heavy atom. The van der Waals surface area contributed by atoms with Crippen LogP contribution in [0.25, 0.3) is 0 Å². The van der Waals surface area contributed by atoms with Crippen LogP contribution in [-0.4, -0.2) is 28.9 Å². The van der Waals surface area contributed by atoms with Crippen LogP contribution in [0, 0.1) is 18.3 Å². The Morgan fingerprint density at radius 1 is 1.29 bits per heavy atom. The number of thiophene rings is 1. The average Bonchev–Trinajstić information content (AvgIpc) is 3.36. The molecule has 3 N–H and O–H groups in total. The second kappa shape index (κ2) is 8.10. The first-order valence-electron chi connectivity index (χ1n) is 11.0. The number of nitrogens with one attached hydrogen (secondary N) is 3. The van der Waals surface area contributed by atoms with Gasteiger partial charge in [0, 0.05) is 23.7 Å². The van der Waals surface area contributed by atoms with Gasteiger partial charge in [-0.3, -0.25) is 14.6 Å². The molecule has 0 aromatic carbocycles. The van der Waals surface area contributed by atoms with Crippen LogP contribution in [-0.2, 0) is 11.3 Å². The number of nitrogens with zero attached hydrogens (tertiary/aromatic N) is 1. The normalized spacial score (nSPS) is 24.5. The number of carbonyl (C=O) groups excluding carboxylic acids is 2. The van der Waals surface area contributed by atoms with Gasteiger partial charge < -0.3 is 16.0 Å². The van der Waals surface area contributed by atoms with Crippen LogP contribution < -0.4 is 16.0 Å². The average molecular weight is 459 g/mol. The van der Waals surface area contributed by atoms with Gasteiger partial charge in [-0.15, -0.1) is 11.3 Å².